The van der Waals surface area contributed by atoms with Gasteiger partial charge in [0.1, 0.15) is 0 Å². The number of nitrogens with zero attached hydrogens (tertiary/aromatic N) is 1. The smallest absolute Gasteiger partial charge is 0.191 e. The summed E-state index contributed by atoms with van der Waals surface area (Å²) in [6.07, 6.45) is 7.75. The van der Waals surface area contributed by atoms with Crippen LogP contribution >= 0.6 is 24.0 Å². The molecule has 0 aromatic carbocycles. The second-order valence-electron chi connectivity index (χ2n) is 6.04. The summed E-state index contributed by atoms with van der Waals surface area (Å²) in [5.74, 6) is 0.893. The molecule has 1 heterocycles. The van der Waals surface area contributed by atoms with Crippen LogP contribution in [0.25, 0.3) is 0 Å². The maximum atomic E-state index is 5.62. The van der Waals surface area contributed by atoms with E-state index in [0.29, 0.717) is 11.5 Å². The Kier molecular flexibility index (Phi) is 8.89. The van der Waals surface area contributed by atoms with Gasteiger partial charge in [-0.1, -0.05) is 6.42 Å². The van der Waals surface area contributed by atoms with Crippen molar-refractivity contribution in [2.24, 2.45) is 10.4 Å². The monoisotopic (exact) mass is 411 g/mol. The fourth-order valence-corrected chi connectivity index (χ4v) is 3.02. The number of guanidine groups is 1. The van der Waals surface area contributed by atoms with E-state index in [1.807, 2.05) is 7.05 Å². The van der Waals surface area contributed by atoms with E-state index >= 15 is 0 Å². The summed E-state index contributed by atoms with van der Waals surface area (Å²) in [5, 5.41) is 6.84. The number of halogens is 1. The highest BCUT2D eigenvalue weighted by Crippen LogP contribution is 2.43. The van der Waals surface area contributed by atoms with E-state index in [1.165, 1.54) is 25.7 Å². The van der Waals surface area contributed by atoms with E-state index in [4.69, 9.17) is 9.47 Å². The van der Waals surface area contributed by atoms with Gasteiger partial charge >= 0.3 is 0 Å². The summed E-state index contributed by atoms with van der Waals surface area (Å²) in [7, 11) is 3.61. The van der Waals surface area contributed by atoms with Gasteiger partial charge in [0, 0.05) is 40.5 Å². The van der Waals surface area contributed by atoms with Crippen LogP contribution in [0, 0.1) is 5.41 Å². The summed E-state index contributed by atoms with van der Waals surface area (Å²) in [6, 6.07) is 0. The number of hydrogen-bond acceptors (Lipinski definition) is 3. The van der Waals surface area contributed by atoms with E-state index < -0.39 is 0 Å². The maximum absolute atomic E-state index is 5.62. The molecule has 1 aliphatic carbocycles. The van der Waals surface area contributed by atoms with Crippen molar-refractivity contribution in [3.8, 4) is 0 Å². The molecule has 6 heteroatoms. The predicted molar refractivity (Wildman–Crippen MR) is 96.5 cm³/mol. The van der Waals surface area contributed by atoms with Gasteiger partial charge in [-0.15, -0.1) is 24.0 Å². The van der Waals surface area contributed by atoms with Crippen molar-refractivity contribution in [1.29, 1.82) is 0 Å². The molecule has 1 atom stereocenters. The van der Waals surface area contributed by atoms with E-state index in [2.05, 4.69) is 15.6 Å². The van der Waals surface area contributed by atoms with Gasteiger partial charge in [0.25, 0.3) is 0 Å². The van der Waals surface area contributed by atoms with Crippen molar-refractivity contribution in [2.75, 3.05) is 40.5 Å². The molecular formula is C15H30IN3O2. The Labute approximate surface area is 145 Å². The fourth-order valence-electron chi connectivity index (χ4n) is 3.02. The maximum Gasteiger partial charge on any atom is 0.191 e. The normalized spacial score (nSPS) is 24.1. The topological polar surface area (TPSA) is 54.9 Å². The van der Waals surface area contributed by atoms with Gasteiger partial charge in [-0.05, 0) is 37.5 Å². The SMILES string of the molecule is CN=C(NCC1CCCO1)NCC1(CCOC)CCC1.I. The summed E-state index contributed by atoms with van der Waals surface area (Å²) in [5.41, 5.74) is 0.414. The van der Waals surface area contributed by atoms with Crippen molar-refractivity contribution >= 4 is 29.9 Å². The zero-order valence-electron chi connectivity index (χ0n) is 13.3. The molecule has 1 saturated carbocycles. The van der Waals surface area contributed by atoms with Gasteiger partial charge in [0.2, 0.25) is 0 Å². The molecule has 0 aromatic rings. The van der Waals surface area contributed by atoms with Crippen molar-refractivity contribution < 1.29 is 9.47 Å². The van der Waals surface area contributed by atoms with Crippen LogP contribution in [0.5, 0.6) is 0 Å². The number of hydrogen-bond donors (Lipinski definition) is 2. The number of nitrogens with one attached hydrogen (secondary N) is 2. The Hall–Kier alpha value is -0.0800. The Morgan fingerprint density at radius 1 is 1.33 bits per heavy atom. The van der Waals surface area contributed by atoms with Crippen molar-refractivity contribution in [3.05, 3.63) is 0 Å². The first-order chi connectivity index (χ1) is 9.78. The summed E-state index contributed by atoms with van der Waals surface area (Å²) >= 11 is 0. The Morgan fingerprint density at radius 3 is 2.67 bits per heavy atom. The predicted octanol–water partition coefficient (Wildman–Crippen LogP) is 2.16. The molecule has 2 fully saturated rings. The number of aliphatic imine (C=N–C) groups is 1. The van der Waals surface area contributed by atoms with Crippen LogP contribution in [0.2, 0.25) is 0 Å². The molecular weight excluding hydrogens is 381 g/mol. The molecule has 2 rings (SSSR count). The molecule has 0 radical (unpaired) electrons. The first-order valence-electron chi connectivity index (χ1n) is 7.83. The number of methoxy groups -OCH3 is 1. The minimum Gasteiger partial charge on any atom is -0.385 e. The molecule has 1 saturated heterocycles. The Bertz CT molecular complexity index is 316. The molecule has 124 valence electrons. The molecule has 1 unspecified atom stereocenters. The highest BCUT2D eigenvalue weighted by atomic mass is 127. The van der Waals surface area contributed by atoms with Crippen molar-refractivity contribution in [2.45, 2.75) is 44.6 Å². The zero-order valence-corrected chi connectivity index (χ0v) is 15.7. The van der Waals surface area contributed by atoms with Gasteiger partial charge in [-0.3, -0.25) is 4.99 Å². The summed E-state index contributed by atoms with van der Waals surface area (Å²) in [6.45, 7) is 3.59. The van der Waals surface area contributed by atoms with Gasteiger partial charge in [0.05, 0.1) is 6.10 Å². The first-order valence-corrected chi connectivity index (χ1v) is 7.83. The van der Waals surface area contributed by atoms with Gasteiger partial charge in [-0.2, -0.15) is 0 Å². The first kappa shape index (κ1) is 19.0. The van der Waals surface area contributed by atoms with E-state index in [9.17, 15) is 0 Å². The van der Waals surface area contributed by atoms with Crippen molar-refractivity contribution in [3.63, 3.8) is 0 Å². The molecule has 2 N–H and O–H groups in total. The number of rotatable bonds is 7. The Morgan fingerprint density at radius 2 is 2.14 bits per heavy atom. The van der Waals surface area contributed by atoms with E-state index in [0.717, 1.165) is 45.1 Å². The van der Waals surface area contributed by atoms with Crippen LogP contribution in [0.4, 0.5) is 0 Å². The molecule has 0 spiro atoms. The second kappa shape index (κ2) is 9.84. The summed E-state index contributed by atoms with van der Waals surface area (Å²) in [4.78, 5) is 4.30. The molecule has 1 aliphatic heterocycles. The van der Waals surface area contributed by atoms with Crippen LogP contribution < -0.4 is 10.6 Å². The lowest BCUT2D eigenvalue weighted by molar-refractivity contribution is 0.0731. The van der Waals surface area contributed by atoms with Crippen molar-refractivity contribution in [1.82, 2.24) is 10.6 Å². The largest absolute Gasteiger partial charge is 0.385 e. The molecule has 2 aliphatic rings. The zero-order chi connectivity index (χ0) is 14.3. The van der Waals surface area contributed by atoms with Crippen LogP contribution in [-0.4, -0.2) is 52.5 Å². The van der Waals surface area contributed by atoms with Gasteiger partial charge in [0.15, 0.2) is 5.96 Å². The summed E-state index contributed by atoms with van der Waals surface area (Å²) < 4.78 is 10.8. The molecule has 5 nitrogen and oxygen atoms in total. The van der Waals surface area contributed by atoms with Gasteiger partial charge in [-0.25, -0.2) is 0 Å². The molecule has 21 heavy (non-hydrogen) atoms. The number of ether oxygens (including phenoxy) is 2. The van der Waals surface area contributed by atoms with Crippen LogP contribution in [0.15, 0.2) is 4.99 Å². The lowest BCUT2D eigenvalue weighted by atomic mass is 9.67. The highest BCUT2D eigenvalue weighted by Gasteiger charge is 2.36. The molecule has 0 aromatic heterocycles. The van der Waals surface area contributed by atoms with Crippen LogP contribution in [0.3, 0.4) is 0 Å². The third-order valence-electron chi connectivity index (χ3n) is 4.63. The average molecular weight is 411 g/mol. The average Bonchev–Trinajstić information content (AvgIpc) is 2.93. The minimum atomic E-state index is 0. The molecule has 0 amide bonds. The lowest BCUT2D eigenvalue weighted by Crippen LogP contribution is -2.48. The quantitative estimate of drug-likeness (QED) is 0.383. The third kappa shape index (κ3) is 5.90. The fraction of sp³-hybridized carbons (Fsp3) is 0.933. The van der Waals surface area contributed by atoms with Gasteiger partial charge < -0.3 is 20.1 Å². The molecule has 0 bridgehead atoms. The minimum absolute atomic E-state index is 0. The third-order valence-corrected chi connectivity index (χ3v) is 4.63. The second-order valence-corrected chi connectivity index (χ2v) is 6.04. The van der Waals surface area contributed by atoms with E-state index in [1.54, 1.807) is 7.11 Å². The van der Waals surface area contributed by atoms with E-state index in [-0.39, 0.29) is 24.0 Å². The van der Waals surface area contributed by atoms with Crippen LogP contribution in [0.1, 0.15) is 38.5 Å². The Balaban J connectivity index is 0.00000220. The highest BCUT2D eigenvalue weighted by molar-refractivity contribution is 14.0. The standard InChI is InChI=1S/C15H29N3O2.HI/c1-16-14(17-11-13-5-3-9-20-13)18-12-15(6-4-7-15)8-10-19-2;/h13H,3-12H2,1-2H3,(H2,16,17,18);1H. The van der Waals surface area contributed by atoms with Crippen LogP contribution in [-0.2, 0) is 9.47 Å². The lowest BCUT2D eigenvalue weighted by Gasteiger charge is -2.42.